The first-order chi connectivity index (χ1) is 10.7. The molecule has 0 aromatic heterocycles. The molecule has 6 nitrogen and oxygen atoms in total. The number of carbonyl (C=O) groups excluding carboxylic acids is 1. The number of carboxylic acids is 1. The van der Waals surface area contributed by atoms with E-state index in [1.807, 2.05) is 0 Å². The number of nitrogens with one attached hydrogen (secondary N) is 2. The van der Waals surface area contributed by atoms with Crippen LogP contribution in [0.4, 0.5) is 19.3 Å². The van der Waals surface area contributed by atoms with E-state index in [4.69, 9.17) is 9.84 Å². The van der Waals surface area contributed by atoms with E-state index in [-0.39, 0.29) is 18.6 Å². The number of alkyl halides is 2. The van der Waals surface area contributed by atoms with Crippen LogP contribution in [-0.2, 0) is 4.79 Å². The van der Waals surface area contributed by atoms with Gasteiger partial charge in [0.05, 0.1) is 0 Å². The molecule has 1 aromatic rings. The van der Waals surface area contributed by atoms with Crippen molar-refractivity contribution in [3.63, 3.8) is 0 Å². The van der Waals surface area contributed by atoms with E-state index in [2.05, 4.69) is 10.6 Å². The maximum absolute atomic E-state index is 12.0. The van der Waals surface area contributed by atoms with E-state index in [9.17, 15) is 18.4 Å². The summed E-state index contributed by atoms with van der Waals surface area (Å²) in [4.78, 5) is 22.4. The van der Waals surface area contributed by atoms with Gasteiger partial charge in [-0.3, -0.25) is 4.79 Å². The van der Waals surface area contributed by atoms with Crippen molar-refractivity contribution in [3.05, 3.63) is 24.3 Å². The fourth-order valence-electron chi connectivity index (χ4n) is 1.75. The minimum atomic E-state index is -2.55. The normalized spacial score (nSPS) is 11.2. The number of benzene rings is 1. The van der Waals surface area contributed by atoms with Gasteiger partial charge in [-0.05, 0) is 44.5 Å². The molecule has 0 spiro atoms. The number of rotatable bonds is 8. The molecule has 0 heterocycles. The zero-order valence-electron chi connectivity index (χ0n) is 12.9. The lowest BCUT2D eigenvalue weighted by molar-refractivity contribution is -0.137. The number of hydrogen-bond donors (Lipinski definition) is 3. The van der Waals surface area contributed by atoms with Crippen LogP contribution in [0.25, 0.3) is 0 Å². The van der Waals surface area contributed by atoms with Crippen LogP contribution in [0.15, 0.2) is 24.3 Å². The maximum atomic E-state index is 12.0. The average Bonchev–Trinajstić information content (AvgIpc) is 2.44. The quantitative estimate of drug-likeness (QED) is 0.683. The summed E-state index contributed by atoms with van der Waals surface area (Å²) in [6.07, 6.45) is -2.31. The van der Waals surface area contributed by atoms with Crippen LogP contribution in [0, 0.1) is 0 Å². The zero-order valence-corrected chi connectivity index (χ0v) is 12.9. The number of amides is 2. The van der Waals surface area contributed by atoms with Gasteiger partial charge in [-0.2, -0.15) is 0 Å². The first-order valence-corrected chi connectivity index (χ1v) is 7.00. The van der Waals surface area contributed by atoms with Gasteiger partial charge < -0.3 is 20.5 Å². The first kappa shape index (κ1) is 18.7. The van der Waals surface area contributed by atoms with Crippen molar-refractivity contribution in [1.29, 1.82) is 0 Å². The van der Waals surface area contributed by atoms with E-state index < -0.39 is 30.6 Å². The summed E-state index contributed by atoms with van der Waals surface area (Å²) in [5.41, 5.74) is -0.219. The minimum absolute atomic E-state index is 0.0521. The Labute approximate surface area is 132 Å². The van der Waals surface area contributed by atoms with Crippen LogP contribution in [0.1, 0.15) is 26.7 Å². The Bertz CT molecular complexity index is 533. The minimum Gasteiger partial charge on any atom is -0.488 e. The van der Waals surface area contributed by atoms with E-state index >= 15 is 0 Å². The Balaban J connectivity index is 2.49. The number of ether oxygens (including phenoxy) is 1. The van der Waals surface area contributed by atoms with Gasteiger partial charge in [-0.25, -0.2) is 13.6 Å². The average molecular weight is 330 g/mol. The van der Waals surface area contributed by atoms with Crippen molar-refractivity contribution in [3.8, 4) is 5.75 Å². The molecule has 1 rings (SSSR count). The van der Waals surface area contributed by atoms with Crippen molar-refractivity contribution >= 4 is 17.7 Å². The second kappa shape index (κ2) is 8.30. The summed E-state index contributed by atoms with van der Waals surface area (Å²) in [6, 6.07) is 5.48. The molecule has 0 aliphatic rings. The zero-order chi connectivity index (χ0) is 17.5. The fraction of sp³-hybridized carbons (Fsp3) is 0.467. The van der Waals surface area contributed by atoms with Crippen molar-refractivity contribution < 1.29 is 28.2 Å². The Kier molecular flexibility index (Phi) is 6.74. The molecule has 2 amide bonds. The molecule has 0 fully saturated rings. The first-order valence-electron chi connectivity index (χ1n) is 7.00. The monoisotopic (exact) mass is 330 g/mol. The predicted octanol–water partition coefficient (Wildman–Crippen LogP) is 3.10. The summed E-state index contributed by atoms with van der Waals surface area (Å²) < 4.78 is 28.9. The smallest absolute Gasteiger partial charge is 0.319 e. The molecule has 3 N–H and O–H groups in total. The van der Waals surface area contributed by atoms with Crippen LogP contribution >= 0.6 is 0 Å². The van der Waals surface area contributed by atoms with Crippen LogP contribution in [0.3, 0.4) is 0 Å². The third-order valence-electron chi connectivity index (χ3n) is 2.90. The largest absolute Gasteiger partial charge is 0.488 e. The molecule has 128 valence electrons. The van der Waals surface area contributed by atoms with Gasteiger partial charge in [0.1, 0.15) is 12.4 Å². The molecular weight excluding hydrogens is 310 g/mol. The van der Waals surface area contributed by atoms with Crippen LogP contribution in [0.2, 0.25) is 0 Å². The van der Waals surface area contributed by atoms with Gasteiger partial charge in [0.25, 0.3) is 6.43 Å². The second-order valence-corrected chi connectivity index (χ2v) is 5.58. The number of carbonyl (C=O) groups is 2. The highest BCUT2D eigenvalue weighted by molar-refractivity contribution is 5.89. The SMILES string of the molecule is CC(C)(CCC(=O)O)NC(=O)Nc1ccc(OCC(F)F)cc1. The molecule has 0 saturated carbocycles. The molecule has 0 radical (unpaired) electrons. The number of aliphatic carboxylic acids is 1. The molecule has 0 bridgehead atoms. The molecule has 0 aliphatic heterocycles. The summed E-state index contributed by atoms with van der Waals surface area (Å²) in [5, 5.41) is 13.9. The summed E-state index contributed by atoms with van der Waals surface area (Å²) >= 11 is 0. The lowest BCUT2D eigenvalue weighted by Crippen LogP contribution is -2.45. The Morgan fingerprint density at radius 2 is 1.87 bits per heavy atom. The molecule has 1 aromatic carbocycles. The fourth-order valence-corrected chi connectivity index (χ4v) is 1.75. The van der Waals surface area contributed by atoms with E-state index in [1.165, 1.54) is 24.3 Å². The van der Waals surface area contributed by atoms with Gasteiger partial charge in [0, 0.05) is 17.6 Å². The number of halogens is 2. The van der Waals surface area contributed by atoms with Crippen LogP contribution in [0.5, 0.6) is 5.75 Å². The topological polar surface area (TPSA) is 87.7 Å². The number of anilines is 1. The summed E-state index contributed by atoms with van der Waals surface area (Å²) in [7, 11) is 0. The Morgan fingerprint density at radius 3 is 2.39 bits per heavy atom. The Morgan fingerprint density at radius 1 is 1.26 bits per heavy atom. The lowest BCUT2D eigenvalue weighted by Gasteiger charge is -2.25. The van der Waals surface area contributed by atoms with E-state index in [0.29, 0.717) is 5.69 Å². The summed E-state index contributed by atoms with van der Waals surface area (Å²) in [6.45, 7) is 2.75. The highest BCUT2D eigenvalue weighted by atomic mass is 19.3. The molecule has 0 atom stereocenters. The lowest BCUT2D eigenvalue weighted by atomic mass is 9.99. The van der Waals surface area contributed by atoms with Gasteiger partial charge in [0.2, 0.25) is 0 Å². The molecule has 0 unspecified atom stereocenters. The van der Waals surface area contributed by atoms with Gasteiger partial charge in [-0.1, -0.05) is 0 Å². The number of carboxylic acid groups (broad SMARTS) is 1. The highest BCUT2D eigenvalue weighted by Gasteiger charge is 2.21. The molecule has 0 saturated heterocycles. The number of hydrogen-bond acceptors (Lipinski definition) is 3. The third-order valence-corrected chi connectivity index (χ3v) is 2.90. The second-order valence-electron chi connectivity index (χ2n) is 5.58. The van der Waals surface area contributed by atoms with E-state index in [1.54, 1.807) is 13.8 Å². The van der Waals surface area contributed by atoms with E-state index in [0.717, 1.165) is 0 Å². The molecule has 23 heavy (non-hydrogen) atoms. The Hall–Kier alpha value is -2.38. The molecule has 0 aliphatic carbocycles. The maximum Gasteiger partial charge on any atom is 0.319 e. The number of urea groups is 1. The molecular formula is C15H20F2N2O4. The molecule has 8 heteroatoms. The van der Waals surface area contributed by atoms with Crippen molar-refractivity contribution in [1.82, 2.24) is 5.32 Å². The van der Waals surface area contributed by atoms with Crippen molar-refractivity contribution in [2.45, 2.75) is 38.7 Å². The summed E-state index contributed by atoms with van der Waals surface area (Å²) in [5.74, 6) is -0.655. The van der Waals surface area contributed by atoms with Gasteiger partial charge >= 0.3 is 12.0 Å². The standard InChI is InChI=1S/C15H20F2N2O4/c1-15(2,8-7-13(20)21)19-14(22)18-10-3-5-11(6-4-10)23-9-12(16)17/h3-6,12H,7-9H2,1-2H3,(H,20,21)(H2,18,19,22). The van der Waals surface area contributed by atoms with Gasteiger partial charge in [-0.15, -0.1) is 0 Å². The van der Waals surface area contributed by atoms with Crippen LogP contribution < -0.4 is 15.4 Å². The van der Waals surface area contributed by atoms with Crippen molar-refractivity contribution in [2.75, 3.05) is 11.9 Å². The predicted molar refractivity (Wildman–Crippen MR) is 81.0 cm³/mol. The van der Waals surface area contributed by atoms with Gasteiger partial charge in [0.15, 0.2) is 0 Å². The third kappa shape index (κ3) is 7.98. The van der Waals surface area contributed by atoms with Crippen LogP contribution in [-0.4, -0.2) is 35.7 Å². The highest BCUT2D eigenvalue weighted by Crippen LogP contribution is 2.17. The van der Waals surface area contributed by atoms with Crippen molar-refractivity contribution in [2.24, 2.45) is 0 Å².